The van der Waals surface area contributed by atoms with E-state index in [1.165, 1.54) is 0 Å². The zero-order valence-corrected chi connectivity index (χ0v) is 12.4. The van der Waals surface area contributed by atoms with Gasteiger partial charge in [-0.2, -0.15) is 4.98 Å². The molecule has 1 fully saturated rings. The third kappa shape index (κ3) is 2.78. The van der Waals surface area contributed by atoms with Gasteiger partial charge in [0, 0.05) is 5.56 Å². The first kappa shape index (κ1) is 14.1. The fourth-order valence-electron chi connectivity index (χ4n) is 2.92. The SMILES string of the molecule is COc1ccc(-c2noc(C3CCCCC3O)n2)cc1C. The van der Waals surface area contributed by atoms with Gasteiger partial charge < -0.3 is 14.4 Å². The van der Waals surface area contributed by atoms with Gasteiger partial charge >= 0.3 is 0 Å². The summed E-state index contributed by atoms with van der Waals surface area (Å²) in [4.78, 5) is 4.47. The molecule has 1 aromatic heterocycles. The summed E-state index contributed by atoms with van der Waals surface area (Å²) in [6.45, 7) is 1.98. The van der Waals surface area contributed by atoms with Gasteiger partial charge in [-0.05, 0) is 43.5 Å². The Morgan fingerprint density at radius 3 is 2.81 bits per heavy atom. The molecule has 0 amide bonds. The van der Waals surface area contributed by atoms with E-state index in [1.807, 2.05) is 25.1 Å². The van der Waals surface area contributed by atoms with Crippen molar-refractivity contribution >= 4 is 0 Å². The molecule has 1 saturated carbocycles. The molecule has 1 aliphatic rings. The van der Waals surface area contributed by atoms with Crippen molar-refractivity contribution in [3.63, 3.8) is 0 Å². The number of aliphatic hydroxyl groups is 1. The van der Waals surface area contributed by atoms with Crippen molar-refractivity contribution in [1.82, 2.24) is 10.1 Å². The number of methoxy groups -OCH3 is 1. The van der Waals surface area contributed by atoms with E-state index < -0.39 is 0 Å². The minimum Gasteiger partial charge on any atom is -0.496 e. The van der Waals surface area contributed by atoms with E-state index in [9.17, 15) is 5.11 Å². The van der Waals surface area contributed by atoms with Gasteiger partial charge in [-0.1, -0.05) is 18.0 Å². The van der Waals surface area contributed by atoms with Crippen molar-refractivity contribution in [1.29, 1.82) is 0 Å². The molecule has 2 aromatic rings. The second-order valence-electron chi connectivity index (χ2n) is 5.60. The van der Waals surface area contributed by atoms with Gasteiger partial charge in [0.1, 0.15) is 5.75 Å². The second-order valence-corrected chi connectivity index (χ2v) is 5.60. The highest BCUT2D eigenvalue weighted by Gasteiger charge is 2.29. The molecule has 0 saturated heterocycles. The van der Waals surface area contributed by atoms with E-state index >= 15 is 0 Å². The molecule has 2 unspecified atom stereocenters. The molecule has 1 aliphatic carbocycles. The maximum absolute atomic E-state index is 10.1. The van der Waals surface area contributed by atoms with Gasteiger partial charge in [0.15, 0.2) is 0 Å². The molecule has 5 nitrogen and oxygen atoms in total. The second kappa shape index (κ2) is 5.85. The van der Waals surface area contributed by atoms with Crippen LogP contribution in [-0.4, -0.2) is 28.5 Å². The average molecular weight is 288 g/mol. The van der Waals surface area contributed by atoms with E-state index in [4.69, 9.17) is 9.26 Å². The Balaban J connectivity index is 1.86. The van der Waals surface area contributed by atoms with Crippen LogP contribution >= 0.6 is 0 Å². The lowest BCUT2D eigenvalue weighted by molar-refractivity contribution is 0.0908. The van der Waals surface area contributed by atoms with Gasteiger partial charge in [0.25, 0.3) is 0 Å². The normalized spacial score (nSPS) is 22.2. The van der Waals surface area contributed by atoms with Crippen molar-refractivity contribution in [3.8, 4) is 17.1 Å². The van der Waals surface area contributed by atoms with E-state index in [-0.39, 0.29) is 12.0 Å². The molecule has 2 atom stereocenters. The number of ether oxygens (including phenoxy) is 1. The third-order valence-electron chi connectivity index (χ3n) is 4.14. The molecule has 21 heavy (non-hydrogen) atoms. The molecular formula is C16H20N2O3. The maximum atomic E-state index is 10.1. The molecule has 3 rings (SSSR count). The van der Waals surface area contributed by atoms with Crippen LogP contribution in [0, 0.1) is 6.92 Å². The highest BCUT2D eigenvalue weighted by atomic mass is 16.5. The highest BCUT2D eigenvalue weighted by molar-refractivity contribution is 5.58. The monoisotopic (exact) mass is 288 g/mol. The third-order valence-corrected chi connectivity index (χ3v) is 4.14. The smallest absolute Gasteiger partial charge is 0.232 e. The maximum Gasteiger partial charge on any atom is 0.232 e. The lowest BCUT2D eigenvalue weighted by atomic mass is 9.86. The largest absolute Gasteiger partial charge is 0.496 e. The molecular weight excluding hydrogens is 268 g/mol. The van der Waals surface area contributed by atoms with E-state index in [1.54, 1.807) is 7.11 Å². The molecule has 0 bridgehead atoms. The zero-order chi connectivity index (χ0) is 14.8. The van der Waals surface area contributed by atoms with Gasteiger partial charge in [0.2, 0.25) is 11.7 Å². The number of aryl methyl sites for hydroxylation is 1. The number of hydrogen-bond donors (Lipinski definition) is 1. The predicted octanol–water partition coefficient (Wildman–Crippen LogP) is 3.07. The van der Waals surface area contributed by atoms with Gasteiger partial charge in [-0.3, -0.25) is 0 Å². The first-order valence-corrected chi connectivity index (χ1v) is 7.35. The summed E-state index contributed by atoms with van der Waals surface area (Å²) in [5.41, 5.74) is 1.92. The standard InChI is InChI=1S/C16H20N2O3/c1-10-9-11(7-8-14(10)20-2)15-17-16(21-18-15)12-5-3-4-6-13(12)19/h7-9,12-13,19H,3-6H2,1-2H3. The summed E-state index contributed by atoms with van der Waals surface area (Å²) in [5, 5.41) is 14.1. The van der Waals surface area contributed by atoms with Crippen LogP contribution in [0.15, 0.2) is 22.7 Å². The van der Waals surface area contributed by atoms with Gasteiger partial charge in [0.05, 0.1) is 19.1 Å². The molecule has 1 aromatic carbocycles. The van der Waals surface area contributed by atoms with E-state index in [2.05, 4.69) is 10.1 Å². The summed E-state index contributed by atoms with van der Waals surface area (Å²) in [6.07, 6.45) is 3.51. The van der Waals surface area contributed by atoms with Crippen LogP contribution in [0.1, 0.15) is 43.1 Å². The first-order valence-electron chi connectivity index (χ1n) is 7.35. The number of rotatable bonds is 3. The molecule has 5 heteroatoms. The average Bonchev–Trinajstić information content (AvgIpc) is 2.97. The minimum atomic E-state index is -0.371. The quantitative estimate of drug-likeness (QED) is 0.940. The van der Waals surface area contributed by atoms with Crippen LogP contribution in [0.25, 0.3) is 11.4 Å². The number of nitrogens with zero attached hydrogens (tertiary/aromatic N) is 2. The Morgan fingerprint density at radius 2 is 2.10 bits per heavy atom. The van der Waals surface area contributed by atoms with Crippen molar-refractivity contribution < 1.29 is 14.4 Å². The van der Waals surface area contributed by atoms with Gasteiger partial charge in [-0.25, -0.2) is 0 Å². The van der Waals surface area contributed by atoms with Crippen molar-refractivity contribution in [3.05, 3.63) is 29.7 Å². The van der Waals surface area contributed by atoms with Crippen molar-refractivity contribution in [2.75, 3.05) is 7.11 Å². The summed E-state index contributed by atoms with van der Waals surface area (Å²) < 4.78 is 10.6. The molecule has 1 N–H and O–H groups in total. The predicted molar refractivity (Wildman–Crippen MR) is 78.2 cm³/mol. The Morgan fingerprint density at radius 1 is 1.29 bits per heavy atom. The highest BCUT2D eigenvalue weighted by Crippen LogP contribution is 2.33. The Bertz CT molecular complexity index is 624. The zero-order valence-electron chi connectivity index (χ0n) is 12.4. The minimum absolute atomic E-state index is 0.0284. The van der Waals surface area contributed by atoms with Crippen LogP contribution in [0.4, 0.5) is 0 Å². The number of aliphatic hydroxyl groups excluding tert-OH is 1. The molecule has 1 heterocycles. The lowest BCUT2D eigenvalue weighted by Crippen LogP contribution is -2.22. The van der Waals surface area contributed by atoms with E-state index in [0.29, 0.717) is 11.7 Å². The first-order chi connectivity index (χ1) is 10.2. The molecule has 112 valence electrons. The van der Waals surface area contributed by atoms with Crippen LogP contribution in [0.2, 0.25) is 0 Å². The lowest BCUT2D eigenvalue weighted by Gasteiger charge is -2.24. The summed E-state index contributed by atoms with van der Waals surface area (Å²) in [7, 11) is 1.65. The summed E-state index contributed by atoms with van der Waals surface area (Å²) in [6, 6.07) is 5.79. The van der Waals surface area contributed by atoms with Crippen LogP contribution < -0.4 is 4.74 Å². The van der Waals surface area contributed by atoms with Gasteiger partial charge in [-0.15, -0.1) is 0 Å². The van der Waals surface area contributed by atoms with Crippen LogP contribution in [0.5, 0.6) is 5.75 Å². The number of benzene rings is 1. The Labute approximate surface area is 123 Å². The van der Waals surface area contributed by atoms with Crippen LogP contribution in [0.3, 0.4) is 0 Å². The summed E-state index contributed by atoms with van der Waals surface area (Å²) >= 11 is 0. The van der Waals surface area contributed by atoms with Crippen molar-refractivity contribution in [2.45, 2.75) is 44.6 Å². The molecule has 0 spiro atoms. The summed E-state index contributed by atoms with van der Waals surface area (Å²) in [5.74, 6) is 1.92. The number of hydrogen-bond acceptors (Lipinski definition) is 5. The topological polar surface area (TPSA) is 68.4 Å². The van der Waals surface area contributed by atoms with Crippen molar-refractivity contribution in [2.24, 2.45) is 0 Å². The Hall–Kier alpha value is -1.88. The van der Waals surface area contributed by atoms with Crippen LogP contribution in [-0.2, 0) is 0 Å². The Kier molecular flexibility index (Phi) is 3.92. The molecule has 0 radical (unpaired) electrons. The number of aromatic nitrogens is 2. The molecule has 0 aliphatic heterocycles. The van der Waals surface area contributed by atoms with E-state index in [0.717, 1.165) is 42.6 Å². The fraction of sp³-hybridized carbons (Fsp3) is 0.500. The fourth-order valence-corrected chi connectivity index (χ4v) is 2.92.